The zero-order chi connectivity index (χ0) is 10.6. The zero-order valence-electron chi connectivity index (χ0n) is 7.55. The molecule has 0 saturated carbocycles. The summed E-state index contributed by atoms with van der Waals surface area (Å²) in [6.07, 6.45) is 2.74. The van der Waals surface area contributed by atoms with Gasteiger partial charge in [-0.3, -0.25) is 4.79 Å². The highest BCUT2D eigenvalue weighted by Gasteiger charge is 1.96. The van der Waals surface area contributed by atoms with Crippen LogP contribution in [-0.2, 0) is 4.79 Å². The van der Waals surface area contributed by atoms with Crippen LogP contribution in [0.5, 0.6) is 0 Å². The van der Waals surface area contributed by atoms with Crippen LogP contribution in [0.25, 0.3) is 6.08 Å². The average molecular weight is 197 g/mol. The molecular formula is C10H9F2NO. The lowest BCUT2D eigenvalue weighted by Gasteiger charge is -1.95. The van der Waals surface area contributed by atoms with Crippen molar-refractivity contribution in [3.05, 3.63) is 41.6 Å². The van der Waals surface area contributed by atoms with Gasteiger partial charge in [0.05, 0.1) is 0 Å². The van der Waals surface area contributed by atoms with Crippen LogP contribution in [0.3, 0.4) is 0 Å². The highest BCUT2D eigenvalue weighted by Crippen LogP contribution is 2.08. The Hall–Kier alpha value is -1.71. The molecule has 0 fully saturated rings. The van der Waals surface area contributed by atoms with Gasteiger partial charge in [-0.15, -0.1) is 0 Å². The van der Waals surface area contributed by atoms with Gasteiger partial charge >= 0.3 is 0 Å². The number of hydrogen-bond donors (Lipinski definition) is 1. The van der Waals surface area contributed by atoms with Gasteiger partial charge < -0.3 is 5.32 Å². The van der Waals surface area contributed by atoms with E-state index in [2.05, 4.69) is 5.32 Å². The van der Waals surface area contributed by atoms with Crippen molar-refractivity contribution >= 4 is 12.0 Å². The van der Waals surface area contributed by atoms with Gasteiger partial charge in [0.1, 0.15) is 11.6 Å². The summed E-state index contributed by atoms with van der Waals surface area (Å²) in [6, 6.07) is 3.12. The van der Waals surface area contributed by atoms with Crippen LogP contribution < -0.4 is 5.32 Å². The second kappa shape index (κ2) is 4.50. The van der Waals surface area contributed by atoms with Crippen molar-refractivity contribution in [3.8, 4) is 0 Å². The molecule has 1 amide bonds. The molecule has 0 heterocycles. The van der Waals surface area contributed by atoms with Gasteiger partial charge in [0.25, 0.3) is 0 Å². The molecular weight excluding hydrogens is 188 g/mol. The predicted octanol–water partition coefficient (Wildman–Crippen LogP) is 2.07. The summed E-state index contributed by atoms with van der Waals surface area (Å²) in [5, 5.41) is 2.37. The minimum Gasteiger partial charge on any atom is -0.333 e. The fourth-order valence-electron chi connectivity index (χ4n) is 0.927. The summed E-state index contributed by atoms with van der Waals surface area (Å²) < 4.78 is 25.3. The molecule has 14 heavy (non-hydrogen) atoms. The molecule has 1 N–H and O–H groups in total. The molecule has 0 aliphatic rings. The van der Waals surface area contributed by atoms with Gasteiger partial charge in [-0.2, -0.15) is 0 Å². The van der Waals surface area contributed by atoms with E-state index in [1.54, 1.807) is 0 Å². The van der Waals surface area contributed by atoms with Crippen LogP contribution in [0.15, 0.2) is 24.4 Å². The molecule has 1 rings (SSSR count). The molecule has 0 unspecified atom stereocenters. The normalized spacial score (nSPS) is 10.5. The largest absolute Gasteiger partial charge is 0.333 e. The summed E-state index contributed by atoms with van der Waals surface area (Å²) in [5.41, 5.74) is 0.358. The minimum atomic E-state index is -0.646. The van der Waals surface area contributed by atoms with Crippen molar-refractivity contribution in [1.82, 2.24) is 5.32 Å². The molecule has 1 aromatic rings. The van der Waals surface area contributed by atoms with Gasteiger partial charge in [0, 0.05) is 19.2 Å². The topological polar surface area (TPSA) is 29.1 Å². The summed E-state index contributed by atoms with van der Waals surface area (Å²) in [5.74, 6) is -1.53. The first-order chi connectivity index (χ1) is 6.58. The number of amides is 1. The number of carbonyl (C=O) groups is 1. The second-order valence-corrected chi connectivity index (χ2v) is 2.74. The fourth-order valence-corrected chi connectivity index (χ4v) is 0.927. The van der Waals surface area contributed by atoms with Gasteiger partial charge in [0.2, 0.25) is 5.91 Å². The molecule has 0 atom stereocenters. The van der Waals surface area contributed by atoms with Crippen LogP contribution in [0.2, 0.25) is 0 Å². The van der Waals surface area contributed by atoms with Crippen molar-refractivity contribution in [1.29, 1.82) is 0 Å². The molecule has 0 bridgehead atoms. The number of halogens is 2. The highest BCUT2D eigenvalue weighted by molar-refractivity contribution is 5.74. The molecule has 0 aromatic heterocycles. The summed E-state index contributed by atoms with van der Waals surface area (Å²) >= 11 is 0. The molecule has 0 radical (unpaired) electrons. The van der Waals surface area contributed by atoms with E-state index >= 15 is 0 Å². The highest BCUT2D eigenvalue weighted by atomic mass is 19.1. The first-order valence-electron chi connectivity index (χ1n) is 3.97. The number of carbonyl (C=O) groups excluding carboxylic acids is 1. The average Bonchev–Trinajstić information content (AvgIpc) is 2.01. The summed E-state index contributed by atoms with van der Waals surface area (Å²) in [7, 11) is 0. The number of nitrogens with one attached hydrogen (secondary N) is 1. The molecule has 1 aromatic carbocycles. The predicted molar refractivity (Wildman–Crippen MR) is 49.2 cm³/mol. The zero-order valence-corrected chi connectivity index (χ0v) is 7.55. The Morgan fingerprint density at radius 3 is 2.36 bits per heavy atom. The Morgan fingerprint density at radius 2 is 1.86 bits per heavy atom. The van der Waals surface area contributed by atoms with Crippen molar-refractivity contribution < 1.29 is 13.6 Å². The number of benzene rings is 1. The van der Waals surface area contributed by atoms with Gasteiger partial charge in [-0.05, 0) is 23.8 Å². The van der Waals surface area contributed by atoms with Crippen LogP contribution >= 0.6 is 0 Å². The van der Waals surface area contributed by atoms with Gasteiger partial charge in [-0.25, -0.2) is 8.78 Å². The molecule has 2 nitrogen and oxygen atoms in total. The summed E-state index contributed by atoms with van der Waals surface area (Å²) in [6.45, 7) is 1.34. The standard InChI is InChI=1S/C10H9F2NO/c1-7(14)13-3-2-8-4-9(11)6-10(12)5-8/h2-6H,1H3,(H,13,14)/b3-2+. The van der Waals surface area contributed by atoms with Crippen LogP contribution in [0.4, 0.5) is 8.78 Å². The molecule has 0 aliphatic heterocycles. The SMILES string of the molecule is CC(=O)N/C=C/c1cc(F)cc(F)c1. The van der Waals surface area contributed by atoms with Crippen molar-refractivity contribution in [2.24, 2.45) is 0 Å². The van der Waals surface area contributed by atoms with E-state index in [1.807, 2.05) is 0 Å². The maximum absolute atomic E-state index is 12.7. The quantitative estimate of drug-likeness (QED) is 0.772. The Kier molecular flexibility index (Phi) is 3.34. The van der Waals surface area contributed by atoms with Gasteiger partial charge in [0.15, 0.2) is 0 Å². The monoisotopic (exact) mass is 197 g/mol. The first kappa shape index (κ1) is 10.4. The van der Waals surface area contributed by atoms with E-state index in [-0.39, 0.29) is 5.91 Å². The third-order valence-corrected chi connectivity index (χ3v) is 1.45. The van der Waals surface area contributed by atoms with Crippen molar-refractivity contribution in [2.75, 3.05) is 0 Å². The number of hydrogen-bond acceptors (Lipinski definition) is 1. The Balaban J connectivity index is 2.76. The molecule has 4 heteroatoms. The Bertz CT molecular complexity index is 354. The Labute approximate surface area is 80.2 Å². The Morgan fingerprint density at radius 1 is 1.29 bits per heavy atom. The van der Waals surface area contributed by atoms with E-state index in [4.69, 9.17) is 0 Å². The molecule has 74 valence electrons. The fraction of sp³-hybridized carbons (Fsp3) is 0.100. The molecule has 0 saturated heterocycles. The van der Waals surface area contributed by atoms with E-state index in [0.717, 1.165) is 6.07 Å². The van der Waals surface area contributed by atoms with Crippen LogP contribution in [0.1, 0.15) is 12.5 Å². The lowest BCUT2D eigenvalue weighted by molar-refractivity contribution is -0.118. The number of rotatable bonds is 2. The van der Waals surface area contributed by atoms with E-state index in [0.29, 0.717) is 5.56 Å². The van der Waals surface area contributed by atoms with Crippen LogP contribution in [0, 0.1) is 11.6 Å². The van der Waals surface area contributed by atoms with E-state index in [1.165, 1.54) is 31.3 Å². The lowest BCUT2D eigenvalue weighted by atomic mass is 10.2. The van der Waals surface area contributed by atoms with Gasteiger partial charge in [-0.1, -0.05) is 0 Å². The maximum Gasteiger partial charge on any atom is 0.220 e. The van der Waals surface area contributed by atoms with Crippen molar-refractivity contribution in [2.45, 2.75) is 6.92 Å². The third-order valence-electron chi connectivity index (χ3n) is 1.45. The third kappa shape index (κ3) is 3.35. The maximum atomic E-state index is 12.7. The molecule has 0 spiro atoms. The lowest BCUT2D eigenvalue weighted by Crippen LogP contribution is -2.11. The first-order valence-corrected chi connectivity index (χ1v) is 3.97. The van der Waals surface area contributed by atoms with Crippen molar-refractivity contribution in [3.63, 3.8) is 0 Å². The summed E-state index contributed by atoms with van der Waals surface area (Å²) in [4.78, 5) is 10.5. The minimum absolute atomic E-state index is 0.238. The van der Waals surface area contributed by atoms with E-state index in [9.17, 15) is 13.6 Å². The molecule has 0 aliphatic carbocycles. The van der Waals surface area contributed by atoms with E-state index < -0.39 is 11.6 Å². The van der Waals surface area contributed by atoms with Crippen LogP contribution in [-0.4, -0.2) is 5.91 Å². The second-order valence-electron chi connectivity index (χ2n) is 2.74. The smallest absolute Gasteiger partial charge is 0.220 e.